The van der Waals surface area contributed by atoms with Crippen LogP contribution in [0.15, 0.2) is 83.8 Å². The van der Waals surface area contributed by atoms with Gasteiger partial charge in [-0.25, -0.2) is 4.39 Å². The molecule has 0 saturated heterocycles. The van der Waals surface area contributed by atoms with Crippen molar-refractivity contribution in [3.05, 3.63) is 95.8 Å². The number of rotatable bonds is 9. The summed E-state index contributed by atoms with van der Waals surface area (Å²) in [6, 6.07) is 23.6. The number of hydrogen-bond donors (Lipinski definition) is 3. The second-order valence-corrected chi connectivity index (χ2v) is 7.60. The van der Waals surface area contributed by atoms with Crippen LogP contribution in [0.2, 0.25) is 0 Å². The number of carbonyl (C=O) groups excluding carboxylic acids is 1. The smallest absolute Gasteiger partial charge is 0.251 e. The maximum atomic E-state index is 12.9. The van der Waals surface area contributed by atoms with E-state index in [1.165, 1.54) is 34.7 Å². The second kappa shape index (κ2) is 10.6. The lowest BCUT2D eigenvalue weighted by molar-refractivity contribution is 0.0922. The summed E-state index contributed by atoms with van der Waals surface area (Å²) in [5, 5.41) is 15.9. The lowest BCUT2D eigenvalue weighted by atomic mass is 10.2. The average Bonchev–Trinajstić information content (AvgIpc) is 2.76. The normalized spacial score (nSPS) is 11.7. The largest absolute Gasteiger partial charge is 0.389 e. The Morgan fingerprint density at radius 3 is 2.31 bits per heavy atom. The van der Waals surface area contributed by atoms with Crippen LogP contribution in [0, 0.1) is 5.82 Å². The van der Waals surface area contributed by atoms with Crippen molar-refractivity contribution < 1.29 is 14.3 Å². The quantitative estimate of drug-likeness (QED) is 0.460. The van der Waals surface area contributed by atoms with E-state index in [9.17, 15) is 14.3 Å². The minimum Gasteiger partial charge on any atom is -0.389 e. The Balaban J connectivity index is 1.38. The van der Waals surface area contributed by atoms with Crippen molar-refractivity contribution in [2.75, 3.05) is 18.4 Å². The number of hydrogen-bond acceptors (Lipinski definition) is 4. The van der Waals surface area contributed by atoms with Crippen LogP contribution in [0.5, 0.6) is 0 Å². The third-order valence-corrected chi connectivity index (χ3v) is 5.33. The Kier molecular flexibility index (Phi) is 7.67. The van der Waals surface area contributed by atoms with E-state index < -0.39 is 11.9 Å². The Labute approximate surface area is 174 Å². The topological polar surface area (TPSA) is 61.4 Å². The second-order valence-electron chi connectivity index (χ2n) is 6.55. The highest BCUT2D eigenvalue weighted by Gasteiger charge is 2.09. The first-order chi connectivity index (χ1) is 14.1. The zero-order valence-corrected chi connectivity index (χ0v) is 16.7. The Morgan fingerprint density at radius 1 is 0.931 bits per heavy atom. The predicted octanol–water partition coefficient (Wildman–Crippen LogP) is 4.32. The summed E-state index contributed by atoms with van der Waals surface area (Å²) < 4.78 is 12.9. The lowest BCUT2D eigenvalue weighted by Crippen LogP contribution is -2.35. The molecule has 0 radical (unpaired) electrons. The summed E-state index contributed by atoms with van der Waals surface area (Å²) in [4.78, 5) is 13.1. The minimum absolute atomic E-state index is 0.105. The third-order valence-electron chi connectivity index (χ3n) is 4.25. The molecule has 0 aliphatic heterocycles. The van der Waals surface area contributed by atoms with Gasteiger partial charge in [0, 0.05) is 35.0 Å². The van der Waals surface area contributed by atoms with Gasteiger partial charge in [0.15, 0.2) is 0 Å². The molecular formula is C23H23FN2O2S. The number of thioether (sulfide) groups is 1. The highest BCUT2D eigenvalue weighted by molar-refractivity contribution is 7.98. The van der Waals surface area contributed by atoms with Gasteiger partial charge in [-0.2, -0.15) is 0 Å². The van der Waals surface area contributed by atoms with E-state index in [0.717, 1.165) is 11.4 Å². The molecule has 3 aromatic carbocycles. The van der Waals surface area contributed by atoms with Crippen LogP contribution in [-0.4, -0.2) is 30.2 Å². The highest BCUT2D eigenvalue weighted by Crippen LogP contribution is 2.24. The van der Waals surface area contributed by atoms with Crippen molar-refractivity contribution in [3.8, 4) is 0 Å². The van der Waals surface area contributed by atoms with Gasteiger partial charge in [-0.15, -0.1) is 11.8 Å². The predicted molar refractivity (Wildman–Crippen MR) is 116 cm³/mol. The molecule has 0 aromatic heterocycles. The zero-order chi connectivity index (χ0) is 20.5. The number of halogens is 1. The number of nitrogens with one attached hydrogen (secondary N) is 2. The monoisotopic (exact) mass is 410 g/mol. The number of carbonyl (C=O) groups is 1. The third kappa shape index (κ3) is 6.93. The van der Waals surface area contributed by atoms with Gasteiger partial charge in [-0.3, -0.25) is 4.79 Å². The van der Waals surface area contributed by atoms with Gasteiger partial charge in [0.1, 0.15) is 5.82 Å². The molecule has 150 valence electrons. The van der Waals surface area contributed by atoms with Crippen molar-refractivity contribution in [2.24, 2.45) is 0 Å². The first-order valence-corrected chi connectivity index (χ1v) is 10.3. The van der Waals surface area contributed by atoms with Gasteiger partial charge >= 0.3 is 0 Å². The van der Waals surface area contributed by atoms with Gasteiger partial charge < -0.3 is 15.7 Å². The van der Waals surface area contributed by atoms with Crippen LogP contribution < -0.4 is 10.6 Å². The molecule has 1 amide bonds. The molecule has 29 heavy (non-hydrogen) atoms. The SMILES string of the molecule is O=C(NCC(O)CNc1ccc(SCc2ccccc2)cc1)c1ccc(F)cc1. The van der Waals surface area contributed by atoms with Crippen LogP contribution >= 0.6 is 11.8 Å². The van der Waals surface area contributed by atoms with E-state index in [2.05, 4.69) is 22.8 Å². The van der Waals surface area contributed by atoms with Gasteiger partial charge in [0.05, 0.1) is 6.10 Å². The summed E-state index contributed by atoms with van der Waals surface area (Å²) in [6.07, 6.45) is -0.744. The molecule has 3 N–H and O–H groups in total. The first kappa shape index (κ1) is 20.9. The number of amides is 1. The molecule has 0 spiro atoms. The number of benzene rings is 3. The summed E-state index contributed by atoms with van der Waals surface area (Å²) in [5.41, 5.74) is 2.54. The number of anilines is 1. The molecule has 0 aliphatic carbocycles. The number of aliphatic hydroxyl groups is 1. The van der Waals surface area contributed by atoms with E-state index in [4.69, 9.17) is 0 Å². The Hall–Kier alpha value is -2.83. The van der Waals surface area contributed by atoms with Crippen molar-refractivity contribution in [1.82, 2.24) is 5.32 Å². The molecule has 0 saturated carbocycles. The maximum Gasteiger partial charge on any atom is 0.251 e. The molecule has 6 heteroatoms. The van der Waals surface area contributed by atoms with Crippen molar-refractivity contribution in [3.63, 3.8) is 0 Å². The molecule has 0 bridgehead atoms. The van der Waals surface area contributed by atoms with Gasteiger partial charge in [-0.1, -0.05) is 30.3 Å². The molecule has 3 aromatic rings. The van der Waals surface area contributed by atoms with E-state index in [-0.39, 0.29) is 12.5 Å². The van der Waals surface area contributed by atoms with Gasteiger partial charge in [0.2, 0.25) is 0 Å². The zero-order valence-electron chi connectivity index (χ0n) is 15.8. The minimum atomic E-state index is -0.744. The van der Waals surface area contributed by atoms with Gasteiger partial charge in [-0.05, 0) is 54.1 Å². The fraction of sp³-hybridized carbons (Fsp3) is 0.174. The Bertz CT molecular complexity index is 902. The number of aliphatic hydroxyl groups excluding tert-OH is 1. The summed E-state index contributed by atoms with van der Waals surface area (Å²) >= 11 is 1.77. The van der Waals surface area contributed by atoms with Crippen LogP contribution in [0.1, 0.15) is 15.9 Å². The van der Waals surface area contributed by atoms with E-state index in [1.807, 2.05) is 42.5 Å². The van der Waals surface area contributed by atoms with Crippen molar-refractivity contribution in [2.45, 2.75) is 16.8 Å². The maximum absolute atomic E-state index is 12.9. The summed E-state index contributed by atoms with van der Waals surface area (Å²) in [6.45, 7) is 0.411. The summed E-state index contributed by atoms with van der Waals surface area (Å²) in [5.74, 6) is 0.180. The fourth-order valence-corrected chi connectivity index (χ4v) is 3.49. The van der Waals surface area contributed by atoms with Gasteiger partial charge in [0.25, 0.3) is 5.91 Å². The molecule has 1 atom stereocenters. The lowest BCUT2D eigenvalue weighted by Gasteiger charge is -2.14. The first-order valence-electron chi connectivity index (χ1n) is 9.32. The molecule has 0 heterocycles. The standard InChI is InChI=1S/C23H23FN2O2S/c24-19-8-6-18(7-9-19)23(28)26-15-21(27)14-25-20-10-12-22(13-11-20)29-16-17-4-2-1-3-5-17/h1-13,21,25,27H,14-16H2,(H,26,28). The molecule has 0 aliphatic rings. The average molecular weight is 411 g/mol. The molecule has 4 nitrogen and oxygen atoms in total. The van der Waals surface area contributed by atoms with E-state index >= 15 is 0 Å². The molecule has 3 rings (SSSR count). The van der Waals surface area contributed by atoms with Crippen LogP contribution in [0.4, 0.5) is 10.1 Å². The molecule has 0 fully saturated rings. The Morgan fingerprint density at radius 2 is 1.62 bits per heavy atom. The summed E-state index contributed by atoms with van der Waals surface area (Å²) in [7, 11) is 0. The van der Waals surface area contributed by atoms with Crippen molar-refractivity contribution >= 4 is 23.4 Å². The fourth-order valence-electron chi connectivity index (χ4n) is 2.63. The van der Waals surface area contributed by atoms with Crippen molar-refractivity contribution in [1.29, 1.82) is 0 Å². The molecule has 1 unspecified atom stereocenters. The van der Waals surface area contributed by atoms with Crippen LogP contribution in [0.25, 0.3) is 0 Å². The van der Waals surface area contributed by atoms with Crippen LogP contribution in [-0.2, 0) is 5.75 Å². The van der Waals surface area contributed by atoms with E-state index in [0.29, 0.717) is 12.1 Å². The molecular weight excluding hydrogens is 387 g/mol. The van der Waals surface area contributed by atoms with E-state index in [1.54, 1.807) is 11.8 Å². The van der Waals surface area contributed by atoms with Crippen LogP contribution in [0.3, 0.4) is 0 Å². The highest BCUT2D eigenvalue weighted by atomic mass is 32.2.